The van der Waals surface area contributed by atoms with Crippen LogP contribution in [-0.4, -0.2) is 11.0 Å². The Morgan fingerprint density at radius 3 is 2.58 bits per heavy atom. The van der Waals surface area contributed by atoms with Crippen LogP contribution in [0.3, 0.4) is 0 Å². The number of phenolic OH excluding ortho intramolecular Hbond substituents is 1. The fraction of sp³-hybridized carbons (Fsp3) is 0. The van der Waals surface area contributed by atoms with Gasteiger partial charge in [-0.25, -0.2) is 0 Å². The zero-order chi connectivity index (χ0) is 13.8. The van der Waals surface area contributed by atoms with Gasteiger partial charge in [0.25, 0.3) is 0 Å². The maximum absolute atomic E-state index is 11.6. The lowest BCUT2D eigenvalue weighted by Crippen LogP contribution is -2.07. The smallest absolute Gasteiger partial charge is 0.248 e. The highest BCUT2D eigenvalue weighted by molar-refractivity contribution is 6.37. The lowest BCUT2D eigenvalue weighted by molar-refractivity contribution is -0.111. The molecule has 1 aromatic heterocycles. The number of anilines is 1. The maximum atomic E-state index is 11.6. The largest absolute Gasteiger partial charge is 0.505 e. The number of aromatic hydroxyl groups is 1. The van der Waals surface area contributed by atoms with Gasteiger partial charge in [0.15, 0.2) is 5.75 Å². The Morgan fingerprint density at radius 2 is 2.00 bits per heavy atom. The molecule has 0 radical (unpaired) electrons. The normalized spacial score (nSPS) is 10.8. The molecular weight excluding hydrogens is 289 g/mol. The molecule has 0 aliphatic heterocycles. The number of carbonyl (C=O) groups is 1. The molecule has 4 nitrogen and oxygen atoms in total. The molecule has 0 spiro atoms. The van der Waals surface area contributed by atoms with Crippen molar-refractivity contribution in [3.63, 3.8) is 0 Å². The molecule has 19 heavy (non-hydrogen) atoms. The van der Waals surface area contributed by atoms with E-state index in [1.807, 2.05) is 0 Å². The summed E-state index contributed by atoms with van der Waals surface area (Å²) in [6.07, 6.45) is 4.35. The van der Waals surface area contributed by atoms with Crippen LogP contribution in [0.25, 0.3) is 6.08 Å². The molecule has 2 rings (SSSR count). The second-order valence-corrected chi connectivity index (χ2v) is 4.44. The molecule has 0 aliphatic rings. The molecular formula is C13H9Cl2NO3. The van der Waals surface area contributed by atoms with Gasteiger partial charge < -0.3 is 14.8 Å². The quantitative estimate of drug-likeness (QED) is 0.666. The fourth-order valence-corrected chi connectivity index (χ4v) is 1.85. The number of hydrogen-bond acceptors (Lipinski definition) is 3. The molecule has 1 amide bonds. The highest BCUT2D eigenvalue weighted by atomic mass is 35.5. The van der Waals surface area contributed by atoms with Gasteiger partial charge in [-0.2, -0.15) is 0 Å². The van der Waals surface area contributed by atoms with E-state index in [2.05, 4.69) is 5.32 Å². The van der Waals surface area contributed by atoms with E-state index in [4.69, 9.17) is 27.6 Å². The molecule has 0 saturated heterocycles. The number of benzene rings is 1. The van der Waals surface area contributed by atoms with E-state index in [1.165, 1.54) is 30.5 Å². The van der Waals surface area contributed by atoms with E-state index in [0.717, 1.165) is 0 Å². The molecule has 2 N–H and O–H groups in total. The van der Waals surface area contributed by atoms with Crippen LogP contribution in [0.5, 0.6) is 5.75 Å². The maximum Gasteiger partial charge on any atom is 0.248 e. The molecule has 1 heterocycles. The summed E-state index contributed by atoms with van der Waals surface area (Å²) in [4.78, 5) is 11.6. The summed E-state index contributed by atoms with van der Waals surface area (Å²) in [6.45, 7) is 0. The van der Waals surface area contributed by atoms with Gasteiger partial charge in [0.1, 0.15) is 5.76 Å². The van der Waals surface area contributed by atoms with Crippen LogP contribution in [-0.2, 0) is 4.79 Å². The number of carbonyl (C=O) groups excluding carboxylic acids is 1. The van der Waals surface area contributed by atoms with E-state index >= 15 is 0 Å². The van der Waals surface area contributed by atoms with Crippen molar-refractivity contribution in [3.8, 4) is 5.75 Å². The molecule has 6 heteroatoms. The predicted octanol–water partition coefficient (Wildman–Crippen LogP) is 3.94. The first-order chi connectivity index (χ1) is 9.06. The molecule has 0 aliphatic carbocycles. The van der Waals surface area contributed by atoms with Gasteiger partial charge in [-0.1, -0.05) is 23.2 Å². The Balaban J connectivity index is 2.07. The Kier molecular flexibility index (Phi) is 4.14. The van der Waals surface area contributed by atoms with Crippen LogP contribution in [0.15, 0.2) is 41.0 Å². The van der Waals surface area contributed by atoms with E-state index in [1.54, 1.807) is 12.1 Å². The first-order valence-electron chi connectivity index (χ1n) is 5.27. The van der Waals surface area contributed by atoms with Crippen LogP contribution in [0, 0.1) is 0 Å². The van der Waals surface area contributed by atoms with E-state index in [-0.39, 0.29) is 21.7 Å². The van der Waals surface area contributed by atoms with Crippen LogP contribution >= 0.6 is 23.2 Å². The molecule has 0 unspecified atom stereocenters. The Morgan fingerprint density at radius 1 is 1.32 bits per heavy atom. The standard InChI is InChI=1S/C13H9Cl2NO3/c14-10-6-8(7-11(15)13(10)18)16-12(17)4-3-9-2-1-5-19-9/h1-7,18H,(H,16,17)/b4-3-. The topological polar surface area (TPSA) is 62.5 Å². The van der Waals surface area contributed by atoms with E-state index in [9.17, 15) is 9.90 Å². The van der Waals surface area contributed by atoms with Crippen molar-refractivity contribution >= 4 is 40.9 Å². The van der Waals surface area contributed by atoms with Crippen LogP contribution in [0.1, 0.15) is 5.76 Å². The molecule has 0 saturated carbocycles. The third-order valence-corrected chi connectivity index (χ3v) is 2.80. The summed E-state index contributed by atoms with van der Waals surface area (Å²) in [7, 11) is 0. The molecule has 2 aromatic rings. The number of nitrogens with one attached hydrogen (secondary N) is 1. The number of furan rings is 1. The van der Waals surface area contributed by atoms with Crippen molar-refractivity contribution < 1.29 is 14.3 Å². The second kappa shape index (κ2) is 5.82. The summed E-state index contributed by atoms with van der Waals surface area (Å²) >= 11 is 11.5. The second-order valence-electron chi connectivity index (χ2n) is 3.63. The first-order valence-corrected chi connectivity index (χ1v) is 6.02. The van der Waals surface area contributed by atoms with Crippen molar-refractivity contribution in [2.24, 2.45) is 0 Å². The van der Waals surface area contributed by atoms with Crippen LogP contribution in [0.4, 0.5) is 5.69 Å². The highest BCUT2D eigenvalue weighted by Crippen LogP contribution is 2.34. The third-order valence-electron chi connectivity index (χ3n) is 2.23. The van der Waals surface area contributed by atoms with Gasteiger partial charge in [-0.3, -0.25) is 4.79 Å². The summed E-state index contributed by atoms with van der Waals surface area (Å²) in [5.74, 6) is -0.0152. The number of rotatable bonds is 3. The molecule has 0 bridgehead atoms. The van der Waals surface area contributed by atoms with Gasteiger partial charge in [0, 0.05) is 11.8 Å². The van der Waals surface area contributed by atoms with Gasteiger partial charge in [0.05, 0.1) is 16.3 Å². The minimum Gasteiger partial charge on any atom is -0.505 e. The zero-order valence-electron chi connectivity index (χ0n) is 9.56. The average Bonchev–Trinajstić information content (AvgIpc) is 2.86. The Labute approximate surface area is 119 Å². The molecule has 0 atom stereocenters. The number of hydrogen-bond donors (Lipinski definition) is 2. The van der Waals surface area contributed by atoms with Gasteiger partial charge in [0.2, 0.25) is 5.91 Å². The molecule has 0 fully saturated rings. The van der Waals surface area contributed by atoms with Crippen LogP contribution in [0.2, 0.25) is 10.0 Å². The predicted molar refractivity (Wildman–Crippen MR) is 74.5 cm³/mol. The lowest BCUT2D eigenvalue weighted by Gasteiger charge is -2.05. The van der Waals surface area contributed by atoms with Crippen molar-refractivity contribution in [2.45, 2.75) is 0 Å². The zero-order valence-corrected chi connectivity index (χ0v) is 11.1. The van der Waals surface area contributed by atoms with Crippen molar-refractivity contribution in [2.75, 3.05) is 5.32 Å². The highest BCUT2D eigenvalue weighted by Gasteiger charge is 2.07. The third kappa shape index (κ3) is 3.53. The minimum atomic E-state index is -0.366. The van der Waals surface area contributed by atoms with E-state index in [0.29, 0.717) is 11.4 Å². The Bertz CT molecular complexity index is 598. The summed E-state index contributed by atoms with van der Waals surface area (Å²) in [6, 6.07) is 6.25. The summed E-state index contributed by atoms with van der Waals surface area (Å²) < 4.78 is 5.05. The number of halogens is 2. The molecule has 1 aromatic carbocycles. The number of phenols is 1. The lowest BCUT2D eigenvalue weighted by atomic mass is 10.3. The minimum absolute atomic E-state index is 0.0674. The van der Waals surface area contributed by atoms with Crippen molar-refractivity contribution in [3.05, 3.63) is 52.4 Å². The molecule has 98 valence electrons. The van der Waals surface area contributed by atoms with Gasteiger partial charge >= 0.3 is 0 Å². The SMILES string of the molecule is O=C(/C=C\c1ccco1)Nc1cc(Cl)c(O)c(Cl)c1. The van der Waals surface area contributed by atoms with Gasteiger partial charge in [-0.15, -0.1) is 0 Å². The average molecular weight is 298 g/mol. The van der Waals surface area contributed by atoms with Crippen molar-refractivity contribution in [1.82, 2.24) is 0 Å². The summed E-state index contributed by atoms with van der Waals surface area (Å²) in [5, 5.41) is 12.1. The number of amides is 1. The summed E-state index contributed by atoms with van der Waals surface area (Å²) in [5.41, 5.74) is 0.391. The fourth-order valence-electron chi connectivity index (χ4n) is 1.37. The van der Waals surface area contributed by atoms with Crippen LogP contribution < -0.4 is 5.32 Å². The Hall–Kier alpha value is -1.91. The first kappa shape index (κ1) is 13.5. The van der Waals surface area contributed by atoms with E-state index < -0.39 is 0 Å². The van der Waals surface area contributed by atoms with Crippen molar-refractivity contribution in [1.29, 1.82) is 0 Å². The van der Waals surface area contributed by atoms with Gasteiger partial charge in [-0.05, 0) is 30.3 Å². The monoisotopic (exact) mass is 297 g/mol.